The second-order valence-corrected chi connectivity index (χ2v) is 4.85. The van der Waals surface area contributed by atoms with Crippen molar-refractivity contribution >= 4 is 17.7 Å². The summed E-state index contributed by atoms with van der Waals surface area (Å²) in [6, 6.07) is 8.35. The minimum Gasteiger partial charge on any atom is -0.475 e. The Balaban J connectivity index is 1.65. The summed E-state index contributed by atoms with van der Waals surface area (Å²) in [5, 5.41) is 13.2. The fraction of sp³-hybridized carbons (Fsp3) is 0.0769. The summed E-state index contributed by atoms with van der Waals surface area (Å²) in [7, 11) is 0. The molecule has 0 atom stereocenters. The highest BCUT2D eigenvalue weighted by molar-refractivity contribution is 7.98. The van der Waals surface area contributed by atoms with Crippen molar-refractivity contribution in [3.8, 4) is 11.5 Å². The number of carbonyl (C=O) groups is 1. The van der Waals surface area contributed by atoms with E-state index in [1.54, 1.807) is 30.5 Å². The molecule has 3 heterocycles. The van der Waals surface area contributed by atoms with Crippen molar-refractivity contribution in [3.63, 3.8) is 0 Å². The van der Waals surface area contributed by atoms with E-state index in [0.29, 0.717) is 22.4 Å². The Morgan fingerprint density at radius 2 is 2.20 bits per heavy atom. The predicted octanol–water partition coefficient (Wildman–Crippen LogP) is 3.52. The Hall–Kier alpha value is -2.41. The summed E-state index contributed by atoms with van der Waals surface area (Å²) in [5.74, 6) is 0.509. The van der Waals surface area contributed by atoms with Crippen molar-refractivity contribution in [2.75, 3.05) is 0 Å². The number of furan rings is 2. The van der Waals surface area contributed by atoms with Crippen molar-refractivity contribution in [3.05, 3.63) is 48.0 Å². The van der Waals surface area contributed by atoms with Crippen LogP contribution in [-0.4, -0.2) is 16.2 Å². The predicted molar refractivity (Wildman–Crippen MR) is 69.4 cm³/mol. The normalized spacial score (nSPS) is 10.8. The summed E-state index contributed by atoms with van der Waals surface area (Å²) in [5.41, 5.74) is 0.717. The molecule has 0 saturated carbocycles. The number of hydrogen-bond donors (Lipinski definition) is 1. The van der Waals surface area contributed by atoms with Gasteiger partial charge >= 0.3 is 5.97 Å². The van der Waals surface area contributed by atoms with Gasteiger partial charge in [-0.3, -0.25) is 0 Å². The molecule has 0 unspecified atom stereocenters. The standard InChI is InChI=1S/C13H9NO5S/c15-13(16)10-3-4-12(18-10)20-7-8-6-11(19-14-8)9-2-1-5-17-9/h1-6H,7H2,(H,15,16). The Kier molecular flexibility index (Phi) is 3.34. The van der Waals surface area contributed by atoms with E-state index in [2.05, 4.69) is 5.16 Å². The summed E-state index contributed by atoms with van der Waals surface area (Å²) in [4.78, 5) is 10.7. The third-order valence-electron chi connectivity index (χ3n) is 2.48. The first kappa shape index (κ1) is 12.6. The maximum absolute atomic E-state index is 10.7. The van der Waals surface area contributed by atoms with E-state index in [0.717, 1.165) is 5.69 Å². The third kappa shape index (κ3) is 2.62. The lowest BCUT2D eigenvalue weighted by Gasteiger charge is -1.92. The van der Waals surface area contributed by atoms with Crippen LogP contribution in [0, 0.1) is 0 Å². The van der Waals surface area contributed by atoms with E-state index in [9.17, 15) is 4.79 Å². The van der Waals surface area contributed by atoms with Gasteiger partial charge in [-0.1, -0.05) is 16.9 Å². The fourth-order valence-electron chi connectivity index (χ4n) is 1.57. The first-order chi connectivity index (χ1) is 9.72. The summed E-state index contributed by atoms with van der Waals surface area (Å²) >= 11 is 1.34. The Morgan fingerprint density at radius 1 is 1.30 bits per heavy atom. The highest BCUT2D eigenvalue weighted by Crippen LogP contribution is 2.27. The average Bonchev–Trinajstić information content (AvgIpc) is 3.17. The fourth-order valence-corrected chi connectivity index (χ4v) is 2.31. The summed E-state index contributed by atoms with van der Waals surface area (Å²) < 4.78 is 15.5. The van der Waals surface area contributed by atoms with Gasteiger partial charge in [-0.2, -0.15) is 0 Å². The second-order valence-electron chi connectivity index (χ2n) is 3.87. The van der Waals surface area contributed by atoms with Crippen LogP contribution >= 0.6 is 11.8 Å². The first-order valence-electron chi connectivity index (χ1n) is 5.68. The molecular weight excluding hydrogens is 282 g/mol. The topological polar surface area (TPSA) is 89.6 Å². The van der Waals surface area contributed by atoms with Crippen LogP contribution < -0.4 is 0 Å². The van der Waals surface area contributed by atoms with Crippen LogP contribution in [0.2, 0.25) is 0 Å². The van der Waals surface area contributed by atoms with Gasteiger partial charge in [0, 0.05) is 11.8 Å². The van der Waals surface area contributed by atoms with Gasteiger partial charge in [0.25, 0.3) is 0 Å². The Bertz CT molecular complexity index is 713. The van der Waals surface area contributed by atoms with E-state index in [1.165, 1.54) is 17.8 Å². The largest absolute Gasteiger partial charge is 0.475 e. The van der Waals surface area contributed by atoms with Gasteiger partial charge in [0.2, 0.25) is 11.5 Å². The average molecular weight is 291 g/mol. The van der Waals surface area contributed by atoms with E-state index < -0.39 is 5.97 Å². The second kappa shape index (κ2) is 5.30. The zero-order valence-electron chi connectivity index (χ0n) is 10.1. The van der Waals surface area contributed by atoms with E-state index in [4.69, 9.17) is 18.5 Å². The molecular formula is C13H9NO5S. The Morgan fingerprint density at radius 3 is 2.90 bits per heavy atom. The smallest absolute Gasteiger partial charge is 0.371 e. The quantitative estimate of drug-likeness (QED) is 0.719. The van der Waals surface area contributed by atoms with E-state index in [-0.39, 0.29) is 5.76 Å². The highest BCUT2D eigenvalue weighted by atomic mass is 32.2. The number of carboxylic acids is 1. The minimum absolute atomic E-state index is 0.0797. The molecule has 102 valence electrons. The van der Waals surface area contributed by atoms with E-state index >= 15 is 0 Å². The van der Waals surface area contributed by atoms with Gasteiger partial charge in [0.1, 0.15) is 0 Å². The van der Waals surface area contributed by atoms with Crippen LogP contribution in [0.1, 0.15) is 16.2 Å². The number of rotatable bonds is 5. The van der Waals surface area contributed by atoms with Crippen molar-refractivity contribution < 1.29 is 23.3 Å². The number of nitrogens with zero attached hydrogens (tertiary/aromatic N) is 1. The van der Waals surface area contributed by atoms with Gasteiger partial charge in [0.15, 0.2) is 10.9 Å². The maximum atomic E-state index is 10.7. The van der Waals surface area contributed by atoms with Crippen molar-refractivity contribution in [2.45, 2.75) is 10.8 Å². The van der Waals surface area contributed by atoms with Crippen LogP contribution in [0.25, 0.3) is 11.5 Å². The van der Waals surface area contributed by atoms with Crippen molar-refractivity contribution in [1.82, 2.24) is 5.16 Å². The monoisotopic (exact) mass is 291 g/mol. The SMILES string of the molecule is O=C(O)c1ccc(SCc2cc(-c3ccco3)on2)o1. The minimum atomic E-state index is -1.08. The first-order valence-corrected chi connectivity index (χ1v) is 6.66. The van der Waals surface area contributed by atoms with Crippen LogP contribution in [0.5, 0.6) is 0 Å². The number of aromatic nitrogens is 1. The lowest BCUT2D eigenvalue weighted by molar-refractivity contribution is 0.0656. The van der Waals surface area contributed by atoms with Gasteiger partial charge in [-0.15, -0.1) is 0 Å². The van der Waals surface area contributed by atoms with Gasteiger partial charge in [-0.25, -0.2) is 4.79 Å². The molecule has 20 heavy (non-hydrogen) atoms. The zero-order chi connectivity index (χ0) is 13.9. The lowest BCUT2D eigenvalue weighted by atomic mass is 10.3. The number of carboxylic acid groups (broad SMARTS) is 1. The molecule has 0 aliphatic carbocycles. The molecule has 7 heteroatoms. The van der Waals surface area contributed by atoms with Crippen LogP contribution in [0.3, 0.4) is 0 Å². The summed E-state index contributed by atoms with van der Waals surface area (Å²) in [6.07, 6.45) is 1.56. The molecule has 1 N–H and O–H groups in total. The number of thioether (sulfide) groups is 1. The lowest BCUT2D eigenvalue weighted by Crippen LogP contribution is -1.91. The molecule has 0 saturated heterocycles. The number of aromatic carboxylic acids is 1. The molecule has 0 spiro atoms. The molecule has 6 nitrogen and oxygen atoms in total. The van der Waals surface area contributed by atoms with Gasteiger partial charge in [-0.05, 0) is 24.3 Å². The molecule has 3 aromatic rings. The molecule has 0 radical (unpaired) electrons. The van der Waals surface area contributed by atoms with Gasteiger partial charge in [0.05, 0.1) is 12.0 Å². The highest BCUT2D eigenvalue weighted by Gasteiger charge is 2.12. The zero-order valence-corrected chi connectivity index (χ0v) is 10.9. The molecule has 0 aliphatic rings. The van der Waals surface area contributed by atoms with Crippen LogP contribution in [0.4, 0.5) is 0 Å². The number of hydrogen-bond acceptors (Lipinski definition) is 6. The molecule has 0 bridgehead atoms. The molecule has 0 aromatic carbocycles. The van der Waals surface area contributed by atoms with Gasteiger partial charge < -0.3 is 18.5 Å². The van der Waals surface area contributed by atoms with Crippen LogP contribution in [-0.2, 0) is 5.75 Å². The maximum Gasteiger partial charge on any atom is 0.371 e. The molecule has 0 aliphatic heterocycles. The molecule has 3 aromatic heterocycles. The van der Waals surface area contributed by atoms with Crippen LogP contribution in [0.15, 0.2) is 55.0 Å². The van der Waals surface area contributed by atoms with Crippen molar-refractivity contribution in [2.24, 2.45) is 0 Å². The van der Waals surface area contributed by atoms with Crippen molar-refractivity contribution in [1.29, 1.82) is 0 Å². The third-order valence-corrected chi connectivity index (χ3v) is 3.42. The molecule has 0 fully saturated rings. The summed E-state index contributed by atoms with van der Waals surface area (Å²) in [6.45, 7) is 0. The Labute approximate surface area is 117 Å². The molecule has 3 rings (SSSR count). The van der Waals surface area contributed by atoms with E-state index in [1.807, 2.05) is 0 Å². The molecule has 0 amide bonds.